The number of hydrogen-bond donors (Lipinski definition) is 1. The Labute approximate surface area is 174 Å². The van der Waals surface area contributed by atoms with E-state index in [1.807, 2.05) is 54.6 Å². The molecular weight excluding hydrogens is 382 g/mol. The van der Waals surface area contributed by atoms with E-state index >= 15 is 0 Å². The molecule has 0 aliphatic heterocycles. The molecule has 6 heteroatoms. The lowest BCUT2D eigenvalue weighted by Crippen LogP contribution is -2.14. The molecule has 152 valence electrons. The van der Waals surface area contributed by atoms with Crippen LogP contribution in [0.3, 0.4) is 0 Å². The summed E-state index contributed by atoms with van der Waals surface area (Å²) in [4.78, 5) is 13.1. The van der Waals surface area contributed by atoms with Gasteiger partial charge in [-0.25, -0.2) is 0 Å². The number of para-hydroxylation sites is 2. The predicted octanol–water partition coefficient (Wildman–Crippen LogP) is 5.28. The number of amides is 1. The van der Waals surface area contributed by atoms with Crippen molar-refractivity contribution in [2.75, 3.05) is 19.5 Å². The summed E-state index contributed by atoms with van der Waals surface area (Å²) in [6.45, 7) is 0.200. The van der Waals surface area contributed by atoms with E-state index in [1.54, 1.807) is 32.4 Å². The first-order valence-corrected chi connectivity index (χ1v) is 9.40. The molecule has 30 heavy (non-hydrogen) atoms. The zero-order valence-corrected chi connectivity index (χ0v) is 16.7. The molecule has 1 N–H and O–H groups in total. The van der Waals surface area contributed by atoms with Gasteiger partial charge in [0.2, 0.25) is 0 Å². The van der Waals surface area contributed by atoms with Gasteiger partial charge in [-0.1, -0.05) is 36.4 Å². The molecule has 0 saturated heterocycles. The van der Waals surface area contributed by atoms with E-state index < -0.39 is 0 Å². The topological polar surface area (TPSA) is 69.9 Å². The van der Waals surface area contributed by atoms with Gasteiger partial charge in [0.05, 0.1) is 14.2 Å². The summed E-state index contributed by atoms with van der Waals surface area (Å²) in [5.74, 6) is 1.68. The maximum absolute atomic E-state index is 13.1. The summed E-state index contributed by atoms with van der Waals surface area (Å²) in [6, 6.07) is 22.1. The number of methoxy groups -OCH3 is 2. The normalized spacial score (nSPS) is 10.6. The number of anilines is 1. The van der Waals surface area contributed by atoms with E-state index in [0.29, 0.717) is 34.1 Å². The van der Waals surface area contributed by atoms with Gasteiger partial charge in [0.25, 0.3) is 5.91 Å². The van der Waals surface area contributed by atoms with Gasteiger partial charge < -0.3 is 23.9 Å². The van der Waals surface area contributed by atoms with Crippen molar-refractivity contribution < 1.29 is 23.4 Å². The van der Waals surface area contributed by atoms with Crippen LogP contribution in [0.2, 0.25) is 0 Å². The first-order chi connectivity index (χ1) is 14.7. The molecule has 0 radical (unpaired) electrons. The van der Waals surface area contributed by atoms with Crippen molar-refractivity contribution in [2.45, 2.75) is 6.61 Å². The lowest BCUT2D eigenvalue weighted by atomic mass is 10.1. The quantitative estimate of drug-likeness (QED) is 0.455. The van der Waals surface area contributed by atoms with Crippen LogP contribution in [0.5, 0.6) is 17.2 Å². The number of rotatable bonds is 7. The fourth-order valence-electron chi connectivity index (χ4n) is 3.17. The minimum atomic E-state index is -0.381. The standard InChI is InChI=1S/C24H21NO5/c1-27-18-12-16(13-19(14-18)28-2)25-24(26)23-21(15-29-17-8-4-3-5-9-17)20-10-6-7-11-22(20)30-23/h3-14H,15H2,1-2H3,(H,25,26). The second kappa shape index (κ2) is 8.61. The van der Waals surface area contributed by atoms with E-state index in [9.17, 15) is 4.79 Å². The Morgan fingerprint density at radius 3 is 2.23 bits per heavy atom. The average Bonchev–Trinajstić information content (AvgIpc) is 3.17. The van der Waals surface area contributed by atoms with E-state index in [-0.39, 0.29) is 18.3 Å². The van der Waals surface area contributed by atoms with Gasteiger partial charge in [-0.05, 0) is 18.2 Å². The number of nitrogens with one attached hydrogen (secondary N) is 1. The van der Waals surface area contributed by atoms with Crippen LogP contribution in [0.15, 0.2) is 77.2 Å². The summed E-state index contributed by atoms with van der Waals surface area (Å²) in [5.41, 5.74) is 1.84. The van der Waals surface area contributed by atoms with E-state index in [2.05, 4.69) is 5.32 Å². The van der Waals surface area contributed by atoms with Gasteiger partial charge in [-0.3, -0.25) is 4.79 Å². The Morgan fingerprint density at radius 2 is 1.53 bits per heavy atom. The highest BCUT2D eigenvalue weighted by atomic mass is 16.5. The van der Waals surface area contributed by atoms with Crippen molar-refractivity contribution in [3.05, 3.63) is 84.1 Å². The molecule has 0 aliphatic carbocycles. The Kier molecular flexibility index (Phi) is 5.57. The number of benzene rings is 3. The molecule has 3 aromatic carbocycles. The number of fused-ring (bicyclic) bond motifs is 1. The third-order valence-electron chi connectivity index (χ3n) is 4.64. The van der Waals surface area contributed by atoms with Crippen LogP contribution in [0.1, 0.15) is 16.1 Å². The first kappa shape index (κ1) is 19.4. The van der Waals surface area contributed by atoms with Crippen molar-refractivity contribution in [1.82, 2.24) is 0 Å². The second-order valence-corrected chi connectivity index (χ2v) is 6.56. The molecule has 1 aromatic heterocycles. The smallest absolute Gasteiger partial charge is 0.291 e. The summed E-state index contributed by atoms with van der Waals surface area (Å²) < 4.78 is 22.3. The number of carbonyl (C=O) groups excluding carboxylic acids is 1. The summed E-state index contributed by atoms with van der Waals surface area (Å²) in [6.07, 6.45) is 0. The second-order valence-electron chi connectivity index (χ2n) is 6.56. The van der Waals surface area contributed by atoms with E-state index in [4.69, 9.17) is 18.6 Å². The maximum atomic E-state index is 13.1. The number of furan rings is 1. The van der Waals surface area contributed by atoms with Crippen LogP contribution in [-0.2, 0) is 6.61 Å². The third-order valence-corrected chi connectivity index (χ3v) is 4.64. The highest BCUT2D eigenvalue weighted by Gasteiger charge is 2.21. The molecule has 4 aromatic rings. The molecule has 1 amide bonds. The van der Waals surface area contributed by atoms with Gasteiger partial charge in [0.15, 0.2) is 5.76 Å². The lowest BCUT2D eigenvalue weighted by molar-refractivity contribution is 0.0995. The molecule has 0 bridgehead atoms. The lowest BCUT2D eigenvalue weighted by Gasteiger charge is -2.10. The molecule has 6 nitrogen and oxygen atoms in total. The largest absolute Gasteiger partial charge is 0.497 e. The van der Waals surface area contributed by atoms with Crippen LogP contribution in [-0.4, -0.2) is 20.1 Å². The molecule has 0 aliphatic rings. The number of ether oxygens (including phenoxy) is 3. The minimum Gasteiger partial charge on any atom is -0.497 e. The molecule has 0 saturated carbocycles. The molecule has 1 heterocycles. The van der Waals surface area contributed by atoms with Gasteiger partial charge in [0, 0.05) is 34.8 Å². The van der Waals surface area contributed by atoms with Crippen LogP contribution in [0.4, 0.5) is 5.69 Å². The monoisotopic (exact) mass is 403 g/mol. The van der Waals surface area contributed by atoms with E-state index in [0.717, 1.165) is 5.39 Å². The fourth-order valence-corrected chi connectivity index (χ4v) is 3.17. The predicted molar refractivity (Wildman–Crippen MR) is 114 cm³/mol. The van der Waals surface area contributed by atoms with Crippen LogP contribution < -0.4 is 19.5 Å². The van der Waals surface area contributed by atoms with Crippen molar-refractivity contribution in [3.8, 4) is 17.2 Å². The Bertz CT molecular complexity index is 1140. The molecule has 0 atom stereocenters. The Balaban J connectivity index is 1.65. The Morgan fingerprint density at radius 1 is 0.867 bits per heavy atom. The zero-order chi connectivity index (χ0) is 20.9. The Hall–Kier alpha value is -3.93. The molecule has 0 unspecified atom stereocenters. The zero-order valence-electron chi connectivity index (χ0n) is 16.7. The summed E-state index contributed by atoms with van der Waals surface area (Å²) >= 11 is 0. The molecular formula is C24H21NO5. The molecule has 0 spiro atoms. The van der Waals surface area contributed by atoms with Gasteiger partial charge in [0.1, 0.15) is 29.4 Å². The molecule has 0 fully saturated rings. The fraction of sp³-hybridized carbons (Fsp3) is 0.125. The summed E-state index contributed by atoms with van der Waals surface area (Å²) in [5, 5.41) is 3.69. The third kappa shape index (κ3) is 4.07. The highest BCUT2D eigenvalue weighted by molar-refractivity contribution is 6.06. The van der Waals surface area contributed by atoms with Crippen molar-refractivity contribution in [1.29, 1.82) is 0 Å². The first-order valence-electron chi connectivity index (χ1n) is 9.40. The molecule has 4 rings (SSSR count). The minimum absolute atomic E-state index is 0.200. The van der Waals surface area contributed by atoms with Crippen LogP contribution in [0, 0.1) is 0 Å². The van der Waals surface area contributed by atoms with Crippen LogP contribution in [0.25, 0.3) is 11.0 Å². The van der Waals surface area contributed by atoms with Crippen molar-refractivity contribution in [3.63, 3.8) is 0 Å². The summed E-state index contributed by atoms with van der Waals surface area (Å²) in [7, 11) is 3.11. The number of carbonyl (C=O) groups is 1. The maximum Gasteiger partial charge on any atom is 0.291 e. The highest BCUT2D eigenvalue weighted by Crippen LogP contribution is 2.30. The van der Waals surface area contributed by atoms with Gasteiger partial charge in [-0.15, -0.1) is 0 Å². The van der Waals surface area contributed by atoms with Gasteiger partial charge in [-0.2, -0.15) is 0 Å². The van der Waals surface area contributed by atoms with Crippen LogP contribution >= 0.6 is 0 Å². The van der Waals surface area contributed by atoms with Crippen molar-refractivity contribution >= 4 is 22.6 Å². The SMILES string of the molecule is COc1cc(NC(=O)c2oc3ccccc3c2COc2ccccc2)cc(OC)c1. The number of hydrogen-bond acceptors (Lipinski definition) is 5. The van der Waals surface area contributed by atoms with Gasteiger partial charge >= 0.3 is 0 Å². The average molecular weight is 403 g/mol. The van der Waals surface area contributed by atoms with E-state index in [1.165, 1.54) is 0 Å². The van der Waals surface area contributed by atoms with Crippen molar-refractivity contribution in [2.24, 2.45) is 0 Å².